The van der Waals surface area contributed by atoms with E-state index in [0.29, 0.717) is 16.5 Å². The minimum absolute atomic E-state index is 0.124. The van der Waals surface area contributed by atoms with Crippen molar-refractivity contribution in [3.8, 4) is 11.1 Å². The molecule has 0 fully saturated rings. The van der Waals surface area contributed by atoms with Gasteiger partial charge in [0.05, 0.1) is 11.1 Å². The summed E-state index contributed by atoms with van der Waals surface area (Å²) in [4.78, 5) is 24.7. The predicted octanol–water partition coefficient (Wildman–Crippen LogP) is 3.09. The van der Waals surface area contributed by atoms with Crippen LogP contribution < -0.4 is 11.0 Å². The van der Waals surface area contributed by atoms with E-state index >= 15 is 0 Å². The molecular weight excluding hydrogens is 352 g/mol. The Morgan fingerprint density at radius 3 is 1.96 bits per heavy atom. The summed E-state index contributed by atoms with van der Waals surface area (Å²) in [6.45, 7) is 0. The summed E-state index contributed by atoms with van der Waals surface area (Å²) in [5, 5.41) is 11.6. The fourth-order valence-electron chi connectivity index (χ4n) is 3.56. The molecule has 0 unspecified atom stereocenters. The van der Waals surface area contributed by atoms with Gasteiger partial charge in [0.25, 0.3) is 11.5 Å². The lowest BCUT2D eigenvalue weighted by Gasteiger charge is -2.05. The monoisotopic (exact) mass is 366 g/mol. The SMILES string of the molecule is O=C(NN=C1c2ccccc2-c2ccccc21)c1n[nH]c(=O)c2ccccc12. The zero-order chi connectivity index (χ0) is 19.1. The molecule has 134 valence electrons. The molecule has 1 aliphatic carbocycles. The highest BCUT2D eigenvalue weighted by Gasteiger charge is 2.24. The minimum Gasteiger partial charge on any atom is -0.267 e. The minimum atomic E-state index is -0.484. The number of nitrogens with one attached hydrogen (secondary N) is 2. The summed E-state index contributed by atoms with van der Waals surface area (Å²) < 4.78 is 0. The third kappa shape index (κ3) is 2.43. The Kier molecular flexibility index (Phi) is 3.62. The number of aromatic amines is 1. The Balaban J connectivity index is 1.57. The van der Waals surface area contributed by atoms with E-state index in [0.717, 1.165) is 22.3 Å². The number of benzene rings is 3. The number of H-pyrrole nitrogens is 1. The number of nitrogens with zero attached hydrogens (tertiary/aromatic N) is 2. The first-order valence-corrected chi connectivity index (χ1v) is 8.78. The van der Waals surface area contributed by atoms with Gasteiger partial charge in [-0.15, -0.1) is 0 Å². The average Bonchev–Trinajstić information content (AvgIpc) is 3.06. The summed E-state index contributed by atoms with van der Waals surface area (Å²) >= 11 is 0. The molecule has 3 aromatic carbocycles. The second kappa shape index (κ2) is 6.28. The highest BCUT2D eigenvalue weighted by molar-refractivity contribution is 6.24. The van der Waals surface area contributed by atoms with Crippen LogP contribution in [0.4, 0.5) is 0 Å². The third-order valence-electron chi connectivity index (χ3n) is 4.83. The van der Waals surface area contributed by atoms with Crippen molar-refractivity contribution in [1.82, 2.24) is 15.6 Å². The normalized spacial score (nSPS) is 11.8. The first-order chi connectivity index (χ1) is 13.7. The van der Waals surface area contributed by atoms with Gasteiger partial charge in [0.1, 0.15) is 0 Å². The van der Waals surface area contributed by atoms with Gasteiger partial charge in [-0.05, 0) is 17.2 Å². The van der Waals surface area contributed by atoms with Crippen molar-refractivity contribution in [2.75, 3.05) is 0 Å². The molecule has 1 aromatic heterocycles. The maximum Gasteiger partial charge on any atom is 0.292 e. The van der Waals surface area contributed by atoms with E-state index in [2.05, 4.69) is 20.7 Å². The van der Waals surface area contributed by atoms with Crippen molar-refractivity contribution < 1.29 is 4.79 Å². The number of carbonyl (C=O) groups excluding carboxylic acids is 1. The molecule has 0 spiro atoms. The van der Waals surface area contributed by atoms with E-state index < -0.39 is 5.91 Å². The number of hydrogen-bond donors (Lipinski definition) is 2. The number of fused-ring (bicyclic) bond motifs is 4. The zero-order valence-electron chi connectivity index (χ0n) is 14.6. The lowest BCUT2D eigenvalue weighted by atomic mass is 10.1. The van der Waals surface area contributed by atoms with Crippen molar-refractivity contribution in [3.05, 3.63) is 100.0 Å². The van der Waals surface area contributed by atoms with Crippen LogP contribution in [0.3, 0.4) is 0 Å². The lowest BCUT2D eigenvalue weighted by molar-refractivity contribution is 0.0950. The second-order valence-electron chi connectivity index (χ2n) is 6.44. The van der Waals surface area contributed by atoms with E-state index in [9.17, 15) is 9.59 Å². The van der Waals surface area contributed by atoms with Gasteiger partial charge >= 0.3 is 0 Å². The van der Waals surface area contributed by atoms with E-state index in [4.69, 9.17) is 0 Å². The van der Waals surface area contributed by atoms with E-state index in [1.165, 1.54) is 0 Å². The lowest BCUT2D eigenvalue weighted by Crippen LogP contribution is -2.24. The molecule has 1 amide bonds. The number of aromatic nitrogens is 2. The number of hydrazone groups is 1. The molecule has 0 atom stereocenters. The molecule has 0 saturated heterocycles. The Morgan fingerprint density at radius 2 is 1.32 bits per heavy atom. The van der Waals surface area contributed by atoms with Crippen LogP contribution in [0.2, 0.25) is 0 Å². The molecule has 0 aliphatic heterocycles. The molecule has 28 heavy (non-hydrogen) atoms. The molecule has 2 N–H and O–H groups in total. The summed E-state index contributed by atoms with van der Waals surface area (Å²) in [6.07, 6.45) is 0. The van der Waals surface area contributed by atoms with Crippen molar-refractivity contribution in [2.24, 2.45) is 5.10 Å². The van der Waals surface area contributed by atoms with Crippen LogP contribution in [0, 0.1) is 0 Å². The summed E-state index contributed by atoms with van der Waals surface area (Å²) in [5.74, 6) is -0.484. The van der Waals surface area contributed by atoms with Crippen LogP contribution in [0.5, 0.6) is 0 Å². The number of hydrogen-bond acceptors (Lipinski definition) is 4. The van der Waals surface area contributed by atoms with Crippen molar-refractivity contribution in [3.63, 3.8) is 0 Å². The smallest absolute Gasteiger partial charge is 0.267 e. The Morgan fingerprint density at radius 1 is 0.786 bits per heavy atom. The molecule has 6 heteroatoms. The van der Waals surface area contributed by atoms with Crippen LogP contribution in [-0.4, -0.2) is 21.8 Å². The molecule has 5 rings (SSSR count). The van der Waals surface area contributed by atoms with Gasteiger partial charge < -0.3 is 0 Å². The van der Waals surface area contributed by atoms with Gasteiger partial charge in [-0.2, -0.15) is 10.2 Å². The van der Waals surface area contributed by atoms with Crippen molar-refractivity contribution in [2.45, 2.75) is 0 Å². The van der Waals surface area contributed by atoms with E-state index in [-0.39, 0.29) is 11.3 Å². The highest BCUT2D eigenvalue weighted by atomic mass is 16.2. The largest absolute Gasteiger partial charge is 0.292 e. The molecule has 4 aromatic rings. The Bertz CT molecular complexity index is 1290. The summed E-state index contributed by atoms with van der Waals surface area (Å²) in [7, 11) is 0. The molecule has 0 saturated carbocycles. The predicted molar refractivity (Wildman–Crippen MR) is 107 cm³/mol. The summed E-state index contributed by atoms with van der Waals surface area (Å²) in [6, 6.07) is 22.7. The molecule has 1 heterocycles. The second-order valence-corrected chi connectivity index (χ2v) is 6.44. The number of amides is 1. The van der Waals surface area contributed by atoms with Crippen LogP contribution in [0.1, 0.15) is 21.6 Å². The summed E-state index contributed by atoms with van der Waals surface area (Å²) in [5.41, 5.74) is 7.18. The van der Waals surface area contributed by atoms with Gasteiger partial charge in [0.15, 0.2) is 5.69 Å². The molecule has 0 bridgehead atoms. The van der Waals surface area contributed by atoms with Crippen molar-refractivity contribution >= 4 is 22.4 Å². The van der Waals surface area contributed by atoms with Gasteiger partial charge in [0.2, 0.25) is 0 Å². The first-order valence-electron chi connectivity index (χ1n) is 8.78. The highest BCUT2D eigenvalue weighted by Crippen LogP contribution is 2.36. The van der Waals surface area contributed by atoms with Gasteiger partial charge in [-0.25, -0.2) is 10.5 Å². The topological polar surface area (TPSA) is 87.2 Å². The maximum atomic E-state index is 12.7. The van der Waals surface area contributed by atoms with E-state index in [1.54, 1.807) is 24.3 Å². The fourth-order valence-corrected chi connectivity index (χ4v) is 3.56. The number of rotatable bonds is 2. The molecule has 1 aliphatic rings. The van der Waals surface area contributed by atoms with Crippen LogP contribution in [-0.2, 0) is 0 Å². The third-order valence-corrected chi connectivity index (χ3v) is 4.83. The van der Waals surface area contributed by atoms with Crippen LogP contribution in [0.25, 0.3) is 21.9 Å². The van der Waals surface area contributed by atoms with Crippen LogP contribution in [0.15, 0.2) is 82.7 Å². The Hall–Kier alpha value is -4.06. The Labute approximate surface area is 159 Å². The first kappa shape index (κ1) is 16.1. The maximum absolute atomic E-state index is 12.7. The number of carbonyl (C=O) groups is 1. The van der Waals surface area contributed by atoms with Gasteiger partial charge in [-0.3, -0.25) is 9.59 Å². The quantitative estimate of drug-likeness (QED) is 0.471. The average molecular weight is 366 g/mol. The zero-order valence-corrected chi connectivity index (χ0v) is 14.6. The van der Waals surface area contributed by atoms with Gasteiger partial charge in [-0.1, -0.05) is 66.7 Å². The standard InChI is InChI=1S/C22H14N4O2/c27-21-18-12-6-5-11-17(18)20(24-25-21)22(28)26-23-19-15-9-3-1-7-13(15)14-8-2-4-10-16(14)19/h1-12H,(H,25,27)(H,26,28). The van der Waals surface area contributed by atoms with E-state index in [1.807, 2.05) is 48.5 Å². The van der Waals surface area contributed by atoms with Crippen molar-refractivity contribution in [1.29, 1.82) is 0 Å². The van der Waals surface area contributed by atoms with Crippen LogP contribution >= 0.6 is 0 Å². The molecular formula is C22H14N4O2. The molecule has 0 radical (unpaired) electrons. The molecule has 6 nitrogen and oxygen atoms in total. The fraction of sp³-hybridized carbons (Fsp3) is 0. The van der Waals surface area contributed by atoms with Gasteiger partial charge in [0, 0.05) is 16.5 Å².